The number of piperazine rings is 1. The van der Waals surface area contributed by atoms with Gasteiger partial charge in [-0.15, -0.1) is 0 Å². The van der Waals surface area contributed by atoms with Crippen LogP contribution in [0.2, 0.25) is 0 Å². The Labute approximate surface area is 156 Å². The molecule has 1 aliphatic rings. The Morgan fingerprint density at radius 2 is 1.54 bits per heavy atom. The number of hydrogen-bond donors (Lipinski definition) is 0. The summed E-state index contributed by atoms with van der Waals surface area (Å²) in [5.41, 5.74) is 2.74. The van der Waals surface area contributed by atoms with Crippen LogP contribution in [-0.4, -0.2) is 43.6 Å². The van der Waals surface area contributed by atoms with Crippen LogP contribution in [0, 0.1) is 0 Å². The maximum Gasteiger partial charge on any atom is 0.260 e. The number of hydrogen-bond acceptors (Lipinski definition) is 3. The highest BCUT2D eigenvalue weighted by molar-refractivity contribution is 5.78. The molecule has 0 saturated carbocycles. The van der Waals surface area contributed by atoms with E-state index in [0.717, 1.165) is 31.9 Å². The smallest absolute Gasteiger partial charge is 0.260 e. The van der Waals surface area contributed by atoms with Crippen LogP contribution in [-0.2, 0) is 10.2 Å². The van der Waals surface area contributed by atoms with E-state index in [1.165, 1.54) is 11.3 Å². The first-order valence-corrected chi connectivity index (χ1v) is 9.25. The molecule has 0 unspecified atom stereocenters. The van der Waals surface area contributed by atoms with E-state index in [-0.39, 0.29) is 17.9 Å². The molecule has 0 bridgehead atoms. The number of ether oxygens (including phenoxy) is 1. The van der Waals surface area contributed by atoms with E-state index < -0.39 is 0 Å². The molecule has 138 valence electrons. The molecular weight excluding hydrogens is 324 g/mol. The number of carbonyl (C=O) groups is 1. The van der Waals surface area contributed by atoms with Gasteiger partial charge in [0.25, 0.3) is 5.91 Å². The van der Waals surface area contributed by atoms with E-state index in [0.29, 0.717) is 0 Å². The number of benzene rings is 2. The summed E-state index contributed by atoms with van der Waals surface area (Å²) in [6, 6.07) is 18.1. The minimum atomic E-state index is 0.0533. The number of anilines is 1. The van der Waals surface area contributed by atoms with Gasteiger partial charge in [-0.2, -0.15) is 0 Å². The number of nitrogens with zero attached hydrogens (tertiary/aromatic N) is 2. The molecular formula is C22H28N2O2. The highest BCUT2D eigenvalue weighted by atomic mass is 16.5. The molecule has 4 heteroatoms. The number of rotatable bonds is 4. The van der Waals surface area contributed by atoms with Gasteiger partial charge in [0.2, 0.25) is 0 Å². The standard InChI is InChI=1S/C22H28N2O2/c1-22(2,3)19-11-7-8-12-20(19)23-13-15-24(16-14-23)21(25)17-26-18-9-5-4-6-10-18/h4-12H,13-17H2,1-3H3. The van der Waals surface area contributed by atoms with Crippen LogP contribution in [0.15, 0.2) is 54.6 Å². The summed E-state index contributed by atoms with van der Waals surface area (Å²) in [6.45, 7) is 9.99. The summed E-state index contributed by atoms with van der Waals surface area (Å²) in [4.78, 5) is 16.7. The molecule has 0 aliphatic carbocycles. The van der Waals surface area contributed by atoms with Gasteiger partial charge in [0.05, 0.1) is 0 Å². The zero-order chi connectivity index (χ0) is 18.6. The fourth-order valence-corrected chi connectivity index (χ4v) is 3.33. The third-order valence-corrected chi connectivity index (χ3v) is 4.79. The lowest BCUT2D eigenvalue weighted by molar-refractivity contribution is -0.133. The van der Waals surface area contributed by atoms with Gasteiger partial charge in [-0.25, -0.2) is 0 Å². The summed E-state index contributed by atoms with van der Waals surface area (Å²) in [5.74, 6) is 0.788. The fourth-order valence-electron chi connectivity index (χ4n) is 3.33. The van der Waals surface area contributed by atoms with Crippen molar-refractivity contribution in [2.24, 2.45) is 0 Å². The lowest BCUT2D eigenvalue weighted by Gasteiger charge is -2.38. The Balaban J connectivity index is 1.57. The molecule has 3 rings (SSSR count). The molecule has 1 fully saturated rings. The molecule has 2 aromatic rings. The van der Waals surface area contributed by atoms with Crippen molar-refractivity contribution >= 4 is 11.6 Å². The maximum atomic E-state index is 12.4. The number of para-hydroxylation sites is 2. The van der Waals surface area contributed by atoms with Gasteiger partial charge in [0, 0.05) is 31.9 Å². The monoisotopic (exact) mass is 352 g/mol. The lowest BCUT2D eigenvalue weighted by atomic mass is 9.85. The topological polar surface area (TPSA) is 32.8 Å². The molecule has 0 N–H and O–H groups in total. The van der Waals surface area contributed by atoms with Gasteiger partial charge in [-0.3, -0.25) is 4.79 Å². The van der Waals surface area contributed by atoms with E-state index in [1.807, 2.05) is 35.2 Å². The molecule has 1 saturated heterocycles. The summed E-state index contributed by atoms with van der Waals surface area (Å²) >= 11 is 0. The highest BCUT2D eigenvalue weighted by Crippen LogP contribution is 2.32. The first-order chi connectivity index (χ1) is 12.4. The second-order valence-electron chi connectivity index (χ2n) is 7.74. The molecule has 2 aromatic carbocycles. The SMILES string of the molecule is CC(C)(C)c1ccccc1N1CCN(C(=O)COc2ccccc2)CC1. The largest absolute Gasteiger partial charge is 0.484 e. The van der Waals surface area contributed by atoms with Crippen LogP contribution in [0.4, 0.5) is 5.69 Å². The van der Waals surface area contributed by atoms with Gasteiger partial charge in [0.15, 0.2) is 6.61 Å². The normalized spacial score (nSPS) is 15.0. The Morgan fingerprint density at radius 3 is 2.19 bits per heavy atom. The molecule has 4 nitrogen and oxygen atoms in total. The lowest BCUT2D eigenvalue weighted by Crippen LogP contribution is -2.50. The minimum absolute atomic E-state index is 0.0533. The van der Waals surface area contributed by atoms with E-state index in [4.69, 9.17) is 4.74 Å². The number of amides is 1. The molecule has 0 aromatic heterocycles. The van der Waals surface area contributed by atoms with Crippen molar-refractivity contribution in [3.05, 3.63) is 60.2 Å². The van der Waals surface area contributed by atoms with Crippen LogP contribution in [0.5, 0.6) is 5.75 Å². The van der Waals surface area contributed by atoms with E-state index in [2.05, 4.69) is 49.9 Å². The Hall–Kier alpha value is -2.49. The zero-order valence-corrected chi connectivity index (χ0v) is 15.9. The quantitative estimate of drug-likeness (QED) is 0.841. The van der Waals surface area contributed by atoms with Crippen LogP contribution in [0.25, 0.3) is 0 Å². The summed E-state index contributed by atoms with van der Waals surface area (Å²) < 4.78 is 5.59. The predicted molar refractivity (Wildman–Crippen MR) is 106 cm³/mol. The molecule has 0 spiro atoms. The number of carbonyl (C=O) groups excluding carboxylic acids is 1. The van der Waals surface area contributed by atoms with Crippen molar-refractivity contribution in [3.63, 3.8) is 0 Å². The zero-order valence-electron chi connectivity index (χ0n) is 15.9. The van der Waals surface area contributed by atoms with Crippen LogP contribution < -0.4 is 9.64 Å². The van der Waals surface area contributed by atoms with Crippen molar-refractivity contribution in [2.45, 2.75) is 26.2 Å². The second-order valence-corrected chi connectivity index (χ2v) is 7.74. The van der Waals surface area contributed by atoms with Crippen LogP contribution in [0.1, 0.15) is 26.3 Å². The van der Waals surface area contributed by atoms with Crippen molar-refractivity contribution in [3.8, 4) is 5.75 Å². The Kier molecular flexibility index (Phi) is 5.50. The molecule has 1 aliphatic heterocycles. The molecule has 1 heterocycles. The third kappa shape index (κ3) is 4.37. The van der Waals surface area contributed by atoms with Gasteiger partial charge in [-0.1, -0.05) is 57.2 Å². The average Bonchev–Trinajstić information content (AvgIpc) is 2.66. The second kappa shape index (κ2) is 7.81. The Morgan fingerprint density at radius 1 is 0.923 bits per heavy atom. The van der Waals surface area contributed by atoms with Crippen molar-refractivity contribution < 1.29 is 9.53 Å². The molecule has 0 atom stereocenters. The van der Waals surface area contributed by atoms with E-state index in [9.17, 15) is 4.79 Å². The minimum Gasteiger partial charge on any atom is -0.484 e. The van der Waals surface area contributed by atoms with Gasteiger partial charge < -0.3 is 14.5 Å². The van der Waals surface area contributed by atoms with Crippen LogP contribution >= 0.6 is 0 Å². The summed E-state index contributed by atoms with van der Waals surface area (Å²) in [5, 5.41) is 0. The molecule has 26 heavy (non-hydrogen) atoms. The Bertz CT molecular complexity index is 729. The van der Waals surface area contributed by atoms with Crippen molar-refractivity contribution in [2.75, 3.05) is 37.7 Å². The third-order valence-electron chi connectivity index (χ3n) is 4.79. The highest BCUT2D eigenvalue weighted by Gasteiger charge is 2.25. The molecule has 1 amide bonds. The van der Waals surface area contributed by atoms with Gasteiger partial charge >= 0.3 is 0 Å². The van der Waals surface area contributed by atoms with Crippen molar-refractivity contribution in [1.82, 2.24) is 4.90 Å². The fraction of sp³-hybridized carbons (Fsp3) is 0.409. The first kappa shape index (κ1) is 18.3. The maximum absolute atomic E-state index is 12.4. The van der Waals surface area contributed by atoms with Gasteiger partial charge in [0.1, 0.15) is 5.75 Å². The molecule has 0 radical (unpaired) electrons. The summed E-state index contributed by atoms with van der Waals surface area (Å²) in [6.07, 6.45) is 0. The predicted octanol–water partition coefficient (Wildman–Crippen LogP) is 3.71. The summed E-state index contributed by atoms with van der Waals surface area (Å²) in [7, 11) is 0. The van der Waals surface area contributed by atoms with Crippen molar-refractivity contribution in [1.29, 1.82) is 0 Å². The average molecular weight is 352 g/mol. The van der Waals surface area contributed by atoms with Crippen LogP contribution in [0.3, 0.4) is 0 Å². The van der Waals surface area contributed by atoms with Gasteiger partial charge in [-0.05, 0) is 29.2 Å². The first-order valence-electron chi connectivity index (χ1n) is 9.25. The van der Waals surface area contributed by atoms with E-state index in [1.54, 1.807) is 0 Å². The van der Waals surface area contributed by atoms with E-state index >= 15 is 0 Å².